The van der Waals surface area contributed by atoms with E-state index in [0.29, 0.717) is 45.2 Å². The van der Waals surface area contributed by atoms with Crippen LogP contribution in [0.4, 0.5) is 0 Å². The lowest BCUT2D eigenvalue weighted by Gasteiger charge is -2.16. The standard InChI is InChI=1S/C22H24BrN3O6/c1-4-29-19-8-14(7-16(23)21(19)32-13(2)3)10-25-26-20(27)11-24-22(28)15-5-6-17-18(9-15)31-12-30-17/h5-10,13H,4,11-12H2,1-3H3,(H,24,28)(H,26,27)/b25-10+. The average Bonchev–Trinajstić information content (AvgIpc) is 3.22. The second-order valence-corrected chi connectivity index (χ2v) is 7.83. The first-order chi connectivity index (χ1) is 15.4. The SMILES string of the molecule is CCOc1cc(/C=N/NC(=O)CNC(=O)c2ccc3c(c2)OCO3)cc(Br)c1OC(C)C. The number of nitrogens with one attached hydrogen (secondary N) is 2. The Labute approximate surface area is 194 Å². The van der Waals surface area contributed by atoms with Crippen molar-refractivity contribution in [1.29, 1.82) is 0 Å². The lowest BCUT2D eigenvalue weighted by molar-refractivity contribution is -0.120. The Balaban J connectivity index is 1.55. The van der Waals surface area contributed by atoms with E-state index in [1.807, 2.05) is 20.8 Å². The number of hydrogen-bond acceptors (Lipinski definition) is 7. The van der Waals surface area contributed by atoms with Crippen molar-refractivity contribution in [3.05, 3.63) is 45.9 Å². The van der Waals surface area contributed by atoms with Gasteiger partial charge >= 0.3 is 0 Å². The molecule has 170 valence electrons. The van der Waals surface area contributed by atoms with Gasteiger partial charge < -0.3 is 24.3 Å². The molecule has 0 aromatic heterocycles. The summed E-state index contributed by atoms with van der Waals surface area (Å²) in [6.45, 7) is 6.10. The molecular weight excluding hydrogens is 482 g/mol. The highest BCUT2D eigenvalue weighted by molar-refractivity contribution is 9.10. The molecule has 1 aliphatic rings. The Morgan fingerprint density at radius 3 is 2.75 bits per heavy atom. The summed E-state index contributed by atoms with van der Waals surface area (Å²) in [7, 11) is 0. The van der Waals surface area contributed by atoms with Gasteiger partial charge in [-0.05, 0) is 72.6 Å². The Morgan fingerprint density at radius 2 is 2.00 bits per heavy atom. The first-order valence-electron chi connectivity index (χ1n) is 10.00. The second-order valence-electron chi connectivity index (χ2n) is 6.97. The molecule has 0 spiro atoms. The minimum Gasteiger partial charge on any atom is -0.490 e. The van der Waals surface area contributed by atoms with E-state index in [4.69, 9.17) is 18.9 Å². The zero-order valence-electron chi connectivity index (χ0n) is 17.9. The van der Waals surface area contributed by atoms with Gasteiger partial charge in [-0.25, -0.2) is 5.43 Å². The second kappa shape index (κ2) is 10.9. The number of amides is 2. The smallest absolute Gasteiger partial charge is 0.259 e. The summed E-state index contributed by atoms with van der Waals surface area (Å²) in [5, 5.41) is 6.48. The van der Waals surface area contributed by atoms with Crippen molar-refractivity contribution < 1.29 is 28.5 Å². The third kappa shape index (κ3) is 6.13. The van der Waals surface area contributed by atoms with Crippen molar-refractivity contribution in [3.8, 4) is 23.0 Å². The molecule has 0 saturated carbocycles. The van der Waals surface area contributed by atoms with Crippen molar-refractivity contribution in [2.24, 2.45) is 5.10 Å². The van der Waals surface area contributed by atoms with Crippen LogP contribution in [-0.4, -0.2) is 44.1 Å². The van der Waals surface area contributed by atoms with E-state index in [1.165, 1.54) is 6.21 Å². The maximum absolute atomic E-state index is 12.2. The van der Waals surface area contributed by atoms with Crippen LogP contribution in [-0.2, 0) is 4.79 Å². The first kappa shape index (κ1) is 23.4. The molecule has 0 radical (unpaired) electrons. The van der Waals surface area contributed by atoms with Crippen molar-refractivity contribution >= 4 is 34.0 Å². The highest BCUT2D eigenvalue weighted by atomic mass is 79.9. The molecule has 32 heavy (non-hydrogen) atoms. The third-order valence-electron chi connectivity index (χ3n) is 4.13. The summed E-state index contributed by atoms with van der Waals surface area (Å²) in [4.78, 5) is 24.3. The molecule has 2 aromatic rings. The van der Waals surface area contributed by atoms with E-state index in [2.05, 4.69) is 31.8 Å². The molecule has 0 fully saturated rings. The number of nitrogens with zero attached hydrogens (tertiary/aromatic N) is 1. The van der Waals surface area contributed by atoms with Crippen LogP contribution in [0.25, 0.3) is 0 Å². The third-order valence-corrected chi connectivity index (χ3v) is 4.72. The molecule has 10 heteroatoms. The van der Waals surface area contributed by atoms with Crippen molar-refractivity contribution in [3.63, 3.8) is 0 Å². The van der Waals surface area contributed by atoms with Gasteiger partial charge in [0.05, 0.1) is 29.9 Å². The summed E-state index contributed by atoms with van der Waals surface area (Å²) >= 11 is 3.48. The van der Waals surface area contributed by atoms with Gasteiger partial charge in [0.2, 0.25) is 6.79 Å². The van der Waals surface area contributed by atoms with Crippen LogP contribution >= 0.6 is 15.9 Å². The van der Waals surface area contributed by atoms with Gasteiger partial charge in [0.1, 0.15) is 0 Å². The summed E-state index contributed by atoms with van der Waals surface area (Å²) in [6.07, 6.45) is 1.46. The number of benzene rings is 2. The zero-order chi connectivity index (χ0) is 23.1. The predicted octanol–water partition coefficient (Wildman–Crippen LogP) is 3.24. The number of carbonyl (C=O) groups excluding carboxylic acids is 2. The molecule has 0 atom stereocenters. The molecule has 3 rings (SSSR count). The minimum absolute atomic E-state index is 0.0165. The molecule has 9 nitrogen and oxygen atoms in total. The van der Waals surface area contributed by atoms with E-state index in [1.54, 1.807) is 30.3 Å². The number of rotatable bonds is 9. The van der Waals surface area contributed by atoms with Crippen molar-refractivity contribution in [2.75, 3.05) is 19.9 Å². The van der Waals surface area contributed by atoms with Gasteiger partial charge in [0.15, 0.2) is 23.0 Å². The fraction of sp³-hybridized carbons (Fsp3) is 0.318. The Kier molecular flexibility index (Phi) is 7.93. The van der Waals surface area contributed by atoms with Gasteiger partial charge in [-0.1, -0.05) is 0 Å². The zero-order valence-corrected chi connectivity index (χ0v) is 19.5. The van der Waals surface area contributed by atoms with Crippen molar-refractivity contribution in [1.82, 2.24) is 10.7 Å². The van der Waals surface area contributed by atoms with Crippen LogP contribution in [0.3, 0.4) is 0 Å². The van der Waals surface area contributed by atoms with E-state index >= 15 is 0 Å². The van der Waals surface area contributed by atoms with Gasteiger partial charge in [-0.3, -0.25) is 9.59 Å². The van der Waals surface area contributed by atoms with E-state index < -0.39 is 11.8 Å². The molecule has 2 N–H and O–H groups in total. The molecule has 1 aliphatic heterocycles. The summed E-state index contributed by atoms with van der Waals surface area (Å²) in [5.74, 6) is 1.37. The van der Waals surface area contributed by atoms with Gasteiger partial charge in [-0.15, -0.1) is 0 Å². The lowest BCUT2D eigenvalue weighted by atomic mass is 10.2. The highest BCUT2D eigenvalue weighted by Gasteiger charge is 2.17. The number of hydrazone groups is 1. The predicted molar refractivity (Wildman–Crippen MR) is 122 cm³/mol. The van der Waals surface area contributed by atoms with Crippen LogP contribution in [0.5, 0.6) is 23.0 Å². The van der Waals surface area contributed by atoms with Crippen LogP contribution < -0.4 is 29.7 Å². The molecule has 0 aliphatic carbocycles. The number of fused-ring (bicyclic) bond motifs is 1. The molecular formula is C22H24BrN3O6. The molecule has 2 aromatic carbocycles. The van der Waals surface area contributed by atoms with Gasteiger partial charge in [0, 0.05) is 5.56 Å². The number of ether oxygens (including phenoxy) is 4. The molecule has 0 unspecified atom stereocenters. The lowest BCUT2D eigenvalue weighted by Crippen LogP contribution is -2.34. The highest BCUT2D eigenvalue weighted by Crippen LogP contribution is 2.37. The summed E-state index contributed by atoms with van der Waals surface area (Å²) in [6, 6.07) is 8.38. The van der Waals surface area contributed by atoms with Crippen LogP contribution in [0.1, 0.15) is 36.7 Å². The van der Waals surface area contributed by atoms with E-state index in [-0.39, 0.29) is 19.4 Å². The first-order valence-corrected chi connectivity index (χ1v) is 10.8. The van der Waals surface area contributed by atoms with Gasteiger partial charge in [-0.2, -0.15) is 5.10 Å². The van der Waals surface area contributed by atoms with E-state index in [9.17, 15) is 9.59 Å². The number of halogens is 1. The quantitative estimate of drug-likeness (QED) is 0.400. The molecule has 0 bridgehead atoms. The maximum Gasteiger partial charge on any atom is 0.259 e. The fourth-order valence-corrected chi connectivity index (χ4v) is 3.35. The molecule has 2 amide bonds. The topological polar surface area (TPSA) is 107 Å². The summed E-state index contributed by atoms with van der Waals surface area (Å²) < 4.78 is 22.6. The normalized spacial score (nSPS) is 12.2. The Morgan fingerprint density at radius 1 is 1.22 bits per heavy atom. The Bertz CT molecular complexity index is 1020. The van der Waals surface area contributed by atoms with Gasteiger partial charge in [0.25, 0.3) is 11.8 Å². The fourth-order valence-electron chi connectivity index (χ4n) is 2.79. The minimum atomic E-state index is -0.473. The van der Waals surface area contributed by atoms with Crippen LogP contribution in [0, 0.1) is 0 Å². The van der Waals surface area contributed by atoms with Crippen LogP contribution in [0.2, 0.25) is 0 Å². The van der Waals surface area contributed by atoms with E-state index in [0.717, 1.165) is 0 Å². The number of hydrogen-bond donors (Lipinski definition) is 2. The largest absolute Gasteiger partial charge is 0.490 e. The van der Waals surface area contributed by atoms with Crippen LogP contribution in [0.15, 0.2) is 39.9 Å². The molecule has 1 heterocycles. The number of carbonyl (C=O) groups is 2. The monoisotopic (exact) mass is 505 g/mol. The summed E-state index contributed by atoms with van der Waals surface area (Å²) in [5.41, 5.74) is 3.44. The maximum atomic E-state index is 12.2. The average molecular weight is 506 g/mol. The van der Waals surface area contributed by atoms with Crippen molar-refractivity contribution in [2.45, 2.75) is 26.9 Å². The molecule has 0 saturated heterocycles. The Hall–Kier alpha value is -3.27.